The van der Waals surface area contributed by atoms with Gasteiger partial charge < -0.3 is 19.7 Å². The average molecular weight is 404 g/mol. The molecule has 0 bridgehead atoms. The minimum absolute atomic E-state index is 0.200. The van der Waals surface area contributed by atoms with Crippen molar-refractivity contribution in [3.05, 3.63) is 17.7 Å². The first-order valence-corrected chi connectivity index (χ1v) is 11.0. The van der Waals surface area contributed by atoms with Crippen LogP contribution in [0.2, 0.25) is 0 Å². The molecule has 4 rings (SSSR count). The monoisotopic (exact) mass is 403 g/mol. The summed E-state index contributed by atoms with van der Waals surface area (Å²) in [5.41, 5.74) is 2.19. The average Bonchev–Trinajstić information content (AvgIpc) is 3.16. The fourth-order valence-corrected chi connectivity index (χ4v) is 5.22. The lowest BCUT2D eigenvalue weighted by atomic mass is 9.93. The van der Waals surface area contributed by atoms with Gasteiger partial charge in [-0.3, -0.25) is 4.79 Å². The highest BCUT2D eigenvalue weighted by atomic mass is 32.1. The smallest absolute Gasteiger partial charge is 0.220 e. The van der Waals surface area contributed by atoms with Crippen molar-refractivity contribution in [2.75, 3.05) is 38.3 Å². The van der Waals surface area contributed by atoms with Gasteiger partial charge in [0.15, 0.2) is 5.13 Å². The highest BCUT2D eigenvalue weighted by Gasteiger charge is 2.25. The Hall–Kier alpha value is -1.86. The van der Waals surface area contributed by atoms with Gasteiger partial charge in [-0.2, -0.15) is 0 Å². The summed E-state index contributed by atoms with van der Waals surface area (Å²) < 4.78 is 12.0. The van der Waals surface area contributed by atoms with E-state index in [0.29, 0.717) is 18.4 Å². The molecule has 3 heterocycles. The van der Waals surface area contributed by atoms with Gasteiger partial charge in [-0.05, 0) is 50.2 Å². The van der Waals surface area contributed by atoms with Crippen molar-refractivity contribution in [2.24, 2.45) is 5.92 Å². The number of rotatable bonds is 5. The number of nitrogens with zero attached hydrogens (tertiary/aromatic N) is 2. The van der Waals surface area contributed by atoms with Gasteiger partial charge in [-0.25, -0.2) is 4.98 Å². The summed E-state index contributed by atoms with van der Waals surface area (Å²) in [6.07, 6.45) is 4.58. The number of methoxy groups -OCH3 is 1. The molecule has 2 fully saturated rings. The van der Waals surface area contributed by atoms with Crippen molar-refractivity contribution < 1.29 is 14.3 Å². The Balaban J connectivity index is 1.33. The van der Waals surface area contributed by atoms with Crippen LogP contribution in [0.15, 0.2) is 12.1 Å². The summed E-state index contributed by atoms with van der Waals surface area (Å²) >= 11 is 1.74. The number of fused-ring (bicyclic) bond motifs is 1. The first-order valence-electron chi connectivity index (χ1n) is 10.2. The van der Waals surface area contributed by atoms with Gasteiger partial charge in [0.2, 0.25) is 5.91 Å². The van der Waals surface area contributed by atoms with Gasteiger partial charge in [0.05, 0.1) is 11.8 Å². The van der Waals surface area contributed by atoms with Crippen LogP contribution in [-0.2, 0) is 9.53 Å². The molecule has 152 valence electrons. The van der Waals surface area contributed by atoms with E-state index in [1.807, 2.05) is 6.07 Å². The second-order valence-corrected chi connectivity index (χ2v) is 8.83. The number of amides is 1. The SMILES string of the molecule is COc1ccc(C)c2sc(N3CCC(CC(=O)NC4CCOCC4)CC3)nc12. The van der Waals surface area contributed by atoms with Crippen LogP contribution in [0.5, 0.6) is 5.75 Å². The molecule has 0 radical (unpaired) electrons. The van der Waals surface area contributed by atoms with Crippen molar-refractivity contribution in [3.8, 4) is 5.75 Å². The van der Waals surface area contributed by atoms with Gasteiger partial charge in [0.1, 0.15) is 11.3 Å². The highest BCUT2D eigenvalue weighted by molar-refractivity contribution is 7.22. The van der Waals surface area contributed by atoms with Crippen LogP contribution in [0, 0.1) is 12.8 Å². The molecule has 28 heavy (non-hydrogen) atoms. The first kappa shape index (κ1) is 19.5. The first-order chi connectivity index (χ1) is 13.6. The van der Waals surface area contributed by atoms with E-state index in [1.165, 1.54) is 10.3 Å². The molecular formula is C21H29N3O3S. The van der Waals surface area contributed by atoms with Crippen molar-refractivity contribution in [3.63, 3.8) is 0 Å². The summed E-state index contributed by atoms with van der Waals surface area (Å²) in [7, 11) is 1.69. The summed E-state index contributed by atoms with van der Waals surface area (Å²) in [6.45, 7) is 5.55. The number of hydrogen-bond acceptors (Lipinski definition) is 6. The third kappa shape index (κ3) is 4.25. The summed E-state index contributed by atoms with van der Waals surface area (Å²) in [6, 6.07) is 4.37. The van der Waals surface area contributed by atoms with E-state index in [4.69, 9.17) is 14.5 Å². The molecular weight excluding hydrogens is 374 g/mol. The molecule has 2 aromatic rings. The van der Waals surface area contributed by atoms with Gasteiger partial charge in [0.25, 0.3) is 0 Å². The number of anilines is 1. The third-order valence-corrected chi connectivity index (χ3v) is 7.11. The topological polar surface area (TPSA) is 63.7 Å². The summed E-state index contributed by atoms with van der Waals surface area (Å²) in [5.74, 6) is 1.50. The molecule has 6 nitrogen and oxygen atoms in total. The number of carbonyl (C=O) groups is 1. The molecule has 2 aliphatic heterocycles. The number of hydrogen-bond donors (Lipinski definition) is 1. The van der Waals surface area contributed by atoms with Crippen molar-refractivity contribution >= 4 is 32.6 Å². The number of ether oxygens (including phenoxy) is 2. The Morgan fingerprint density at radius 1 is 1.29 bits per heavy atom. The second kappa shape index (κ2) is 8.66. The molecule has 0 atom stereocenters. The van der Waals surface area contributed by atoms with E-state index in [9.17, 15) is 4.79 Å². The molecule has 1 N–H and O–H groups in total. The summed E-state index contributed by atoms with van der Waals surface area (Å²) in [4.78, 5) is 19.6. The van der Waals surface area contributed by atoms with Crippen molar-refractivity contribution in [1.29, 1.82) is 0 Å². The zero-order valence-corrected chi connectivity index (χ0v) is 17.5. The van der Waals surface area contributed by atoms with E-state index >= 15 is 0 Å². The summed E-state index contributed by atoms with van der Waals surface area (Å²) in [5, 5.41) is 4.25. The van der Waals surface area contributed by atoms with E-state index in [0.717, 1.165) is 68.4 Å². The largest absolute Gasteiger partial charge is 0.494 e. The van der Waals surface area contributed by atoms with E-state index in [1.54, 1.807) is 18.4 Å². The van der Waals surface area contributed by atoms with Crippen molar-refractivity contribution in [1.82, 2.24) is 10.3 Å². The predicted molar refractivity (Wildman–Crippen MR) is 112 cm³/mol. The van der Waals surface area contributed by atoms with Crippen LogP contribution < -0.4 is 15.0 Å². The quantitative estimate of drug-likeness (QED) is 0.828. The third-order valence-electron chi connectivity index (χ3n) is 5.86. The number of nitrogens with one attached hydrogen (secondary N) is 1. The zero-order chi connectivity index (χ0) is 19.5. The lowest BCUT2D eigenvalue weighted by Gasteiger charge is -2.32. The Labute approximate surface area is 170 Å². The zero-order valence-electron chi connectivity index (χ0n) is 16.7. The second-order valence-electron chi connectivity index (χ2n) is 7.85. The molecule has 2 aliphatic rings. The Morgan fingerprint density at radius 2 is 2.04 bits per heavy atom. The lowest BCUT2D eigenvalue weighted by molar-refractivity contribution is -0.123. The fourth-order valence-electron chi connectivity index (χ4n) is 4.12. The molecule has 0 saturated carbocycles. The number of thiazole rings is 1. The molecule has 7 heteroatoms. The number of aryl methyl sites for hydroxylation is 1. The highest BCUT2D eigenvalue weighted by Crippen LogP contribution is 2.37. The van der Waals surface area contributed by atoms with Gasteiger partial charge in [-0.15, -0.1) is 0 Å². The maximum atomic E-state index is 12.4. The molecule has 1 aromatic heterocycles. The predicted octanol–water partition coefficient (Wildman–Crippen LogP) is 3.52. The Bertz CT molecular complexity index is 824. The minimum Gasteiger partial charge on any atom is -0.494 e. The van der Waals surface area contributed by atoms with E-state index < -0.39 is 0 Å². The van der Waals surface area contributed by atoms with Crippen LogP contribution in [-0.4, -0.2) is 50.3 Å². The Kier molecular flexibility index (Phi) is 6.01. The molecule has 2 saturated heterocycles. The van der Waals surface area contributed by atoms with E-state index in [2.05, 4.69) is 23.2 Å². The van der Waals surface area contributed by atoms with Gasteiger partial charge in [0, 0.05) is 38.8 Å². The van der Waals surface area contributed by atoms with Crippen LogP contribution >= 0.6 is 11.3 Å². The minimum atomic E-state index is 0.200. The molecule has 0 unspecified atom stereocenters. The van der Waals surface area contributed by atoms with Crippen LogP contribution in [0.3, 0.4) is 0 Å². The fraction of sp³-hybridized carbons (Fsp3) is 0.619. The molecule has 1 amide bonds. The van der Waals surface area contributed by atoms with Crippen molar-refractivity contribution in [2.45, 2.75) is 45.1 Å². The Morgan fingerprint density at radius 3 is 2.75 bits per heavy atom. The number of benzene rings is 1. The number of carbonyl (C=O) groups excluding carboxylic acids is 1. The van der Waals surface area contributed by atoms with Crippen LogP contribution in [0.4, 0.5) is 5.13 Å². The number of piperidine rings is 1. The maximum Gasteiger partial charge on any atom is 0.220 e. The molecule has 0 aliphatic carbocycles. The van der Waals surface area contributed by atoms with Crippen LogP contribution in [0.1, 0.15) is 37.7 Å². The maximum absolute atomic E-state index is 12.4. The normalized spacial score (nSPS) is 19.1. The van der Waals surface area contributed by atoms with E-state index in [-0.39, 0.29) is 5.91 Å². The van der Waals surface area contributed by atoms with Crippen LogP contribution in [0.25, 0.3) is 10.2 Å². The standard InChI is InChI=1S/C21H29N3O3S/c1-14-3-4-17(26-2)19-20(14)28-21(23-19)24-9-5-15(6-10-24)13-18(25)22-16-7-11-27-12-8-16/h3-4,15-16H,5-13H2,1-2H3,(H,22,25). The number of aromatic nitrogens is 1. The molecule has 1 aromatic carbocycles. The van der Waals surface area contributed by atoms with Gasteiger partial charge >= 0.3 is 0 Å². The van der Waals surface area contributed by atoms with Gasteiger partial charge in [-0.1, -0.05) is 17.4 Å². The lowest BCUT2D eigenvalue weighted by Crippen LogP contribution is -2.41. The molecule has 0 spiro atoms.